The lowest BCUT2D eigenvalue weighted by Crippen LogP contribution is -2.37. The third-order valence-electron chi connectivity index (χ3n) is 6.02. The summed E-state index contributed by atoms with van der Waals surface area (Å²) in [5.41, 5.74) is 12.3. The van der Waals surface area contributed by atoms with Crippen LogP contribution in [0, 0.1) is 23.7 Å². The Labute approximate surface area is 119 Å². The van der Waals surface area contributed by atoms with E-state index >= 15 is 0 Å². The van der Waals surface area contributed by atoms with Gasteiger partial charge >= 0.3 is 0 Å². The fourth-order valence-corrected chi connectivity index (χ4v) is 4.74. The van der Waals surface area contributed by atoms with Crippen molar-refractivity contribution in [2.24, 2.45) is 35.1 Å². The van der Waals surface area contributed by atoms with Gasteiger partial charge in [0.05, 0.1) is 0 Å². The van der Waals surface area contributed by atoms with Crippen molar-refractivity contribution in [2.45, 2.75) is 83.7 Å². The summed E-state index contributed by atoms with van der Waals surface area (Å²) in [6, 6.07) is 0.950. The molecule has 2 aliphatic rings. The van der Waals surface area contributed by atoms with Crippen LogP contribution in [0.4, 0.5) is 0 Å². The van der Waals surface area contributed by atoms with Crippen molar-refractivity contribution in [3.05, 3.63) is 0 Å². The molecule has 0 aromatic rings. The molecule has 0 radical (unpaired) electrons. The fourth-order valence-electron chi connectivity index (χ4n) is 4.74. The van der Waals surface area contributed by atoms with E-state index in [1.165, 1.54) is 57.8 Å². The van der Waals surface area contributed by atoms with Crippen molar-refractivity contribution in [3.8, 4) is 0 Å². The minimum atomic E-state index is 0.475. The van der Waals surface area contributed by atoms with Gasteiger partial charge in [0.25, 0.3) is 0 Å². The maximum absolute atomic E-state index is 6.15. The van der Waals surface area contributed by atoms with Crippen molar-refractivity contribution in [1.29, 1.82) is 0 Å². The molecule has 2 aliphatic carbocycles. The second kappa shape index (κ2) is 7.08. The Hall–Kier alpha value is -0.0800. The van der Waals surface area contributed by atoms with Gasteiger partial charge in [-0.2, -0.15) is 0 Å². The minimum absolute atomic E-state index is 0.475. The van der Waals surface area contributed by atoms with E-state index in [2.05, 4.69) is 13.8 Å². The van der Waals surface area contributed by atoms with Crippen molar-refractivity contribution >= 4 is 0 Å². The Balaban J connectivity index is 1.91. The van der Waals surface area contributed by atoms with Crippen LogP contribution in [-0.2, 0) is 0 Å². The van der Waals surface area contributed by atoms with Gasteiger partial charge in [-0.05, 0) is 68.6 Å². The lowest BCUT2D eigenvalue weighted by molar-refractivity contribution is 0.120. The summed E-state index contributed by atoms with van der Waals surface area (Å²) in [5, 5.41) is 0. The van der Waals surface area contributed by atoms with Crippen LogP contribution in [-0.4, -0.2) is 12.1 Å². The zero-order valence-corrected chi connectivity index (χ0v) is 13.0. The average Bonchev–Trinajstić information content (AvgIpc) is 2.42. The molecule has 0 heterocycles. The largest absolute Gasteiger partial charge is 0.328 e. The van der Waals surface area contributed by atoms with E-state index in [4.69, 9.17) is 11.5 Å². The molecule has 6 unspecified atom stereocenters. The van der Waals surface area contributed by atoms with Crippen molar-refractivity contribution < 1.29 is 0 Å². The predicted octanol–water partition coefficient (Wildman–Crippen LogP) is 3.68. The first-order valence-electron chi connectivity index (χ1n) is 8.65. The first-order chi connectivity index (χ1) is 9.13. The van der Waals surface area contributed by atoms with E-state index in [1.54, 1.807) is 0 Å². The summed E-state index contributed by atoms with van der Waals surface area (Å²) >= 11 is 0. The fraction of sp³-hybridized carbons (Fsp3) is 1.00. The number of nitrogens with two attached hydrogens (primary N) is 2. The van der Waals surface area contributed by atoms with Crippen LogP contribution in [0.1, 0.15) is 71.6 Å². The highest BCUT2D eigenvalue weighted by Gasteiger charge is 2.34. The Kier molecular flexibility index (Phi) is 5.70. The van der Waals surface area contributed by atoms with Gasteiger partial charge in [-0.25, -0.2) is 0 Å². The van der Waals surface area contributed by atoms with Crippen LogP contribution in [0.25, 0.3) is 0 Å². The first kappa shape index (κ1) is 15.3. The van der Waals surface area contributed by atoms with Gasteiger partial charge in [-0.3, -0.25) is 0 Å². The molecule has 2 heteroatoms. The molecule has 19 heavy (non-hydrogen) atoms. The maximum Gasteiger partial charge on any atom is 0.00416 e. The topological polar surface area (TPSA) is 52.0 Å². The second-order valence-electron chi connectivity index (χ2n) is 7.24. The van der Waals surface area contributed by atoms with Gasteiger partial charge in [0.15, 0.2) is 0 Å². The van der Waals surface area contributed by atoms with Crippen molar-refractivity contribution in [2.75, 3.05) is 0 Å². The highest BCUT2D eigenvalue weighted by molar-refractivity contribution is 4.87. The van der Waals surface area contributed by atoms with E-state index in [9.17, 15) is 0 Å². The minimum Gasteiger partial charge on any atom is -0.328 e. The second-order valence-corrected chi connectivity index (χ2v) is 7.24. The van der Waals surface area contributed by atoms with Gasteiger partial charge in [0.2, 0.25) is 0 Å². The predicted molar refractivity (Wildman–Crippen MR) is 82.8 cm³/mol. The van der Waals surface area contributed by atoms with E-state index in [1.807, 2.05) is 0 Å². The van der Waals surface area contributed by atoms with Crippen LogP contribution < -0.4 is 11.5 Å². The molecule has 0 amide bonds. The molecule has 0 aromatic carbocycles. The molecular weight excluding hydrogens is 232 g/mol. The molecule has 2 rings (SSSR count). The van der Waals surface area contributed by atoms with Crippen molar-refractivity contribution in [1.82, 2.24) is 0 Å². The molecular formula is C17H34N2. The van der Waals surface area contributed by atoms with Gasteiger partial charge < -0.3 is 11.5 Å². The zero-order valence-electron chi connectivity index (χ0n) is 13.0. The van der Waals surface area contributed by atoms with Crippen LogP contribution in [0.2, 0.25) is 0 Å². The number of hydrogen-bond acceptors (Lipinski definition) is 2. The number of hydrogen-bond donors (Lipinski definition) is 2. The molecule has 112 valence electrons. The molecule has 0 aromatic heterocycles. The third kappa shape index (κ3) is 3.95. The Morgan fingerprint density at radius 1 is 0.684 bits per heavy atom. The summed E-state index contributed by atoms with van der Waals surface area (Å²) in [5.74, 6) is 3.66. The normalized spacial score (nSPS) is 44.2. The van der Waals surface area contributed by atoms with Crippen LogP contribution >= 0.6 is 0 Å². The van der Waals surface area contributed by atoms with Crippen molar-refractivity contribution in [3.63, 3.8) is 0 Å². The molecule has 0 bridgehead atoms. The van der Waals surface area contributed by atoms with Gasteiger partial charge in [0, 0.05) is 12.1 Å². The van der Waals surface area contributed by atoms with Gasteiger partial charge in [-0.1, -0.05) is 26.7 Å². The Morgan fingerprint density at radius 2 is 1.11 bits per heavy atom. The quantitative estimate of drug-likeness (QED) is 0.815. The van der Waals surface area contributed by atoms with Gasteiger partial charge in [0.1, 0.15) is 0 Å². The van der Waals surface area contributed by atoms with E-state index in [0.717, 1.165) is 23.7 Å². The molecule has 6 atom stereocenters. The molecule has 2 nitrogen and oxygen atoms in total. The smallest absolute Gasteiger partial charge is 0.00416 e. The van der Waals surface area contributed by atoms with Crippen LogP contribution in [0.15, 0.2) is 0 Å². The van der Waals surface area contributed by atoms with Crippen LogP contribution in [0.5, 0.6) is 0 Å². The summed E-state index contributed by atoms with van der Waals surface area (Å²) in [6.07, 6.45) is 11.9. The lowest BCUT2D eigenvalue weighted by Gasteiger charge is -2.40. The third-order valence-corrected chi connectivity index (χ3v) is 6.02. The summed E-state index contributed by atoms with van der Waals surface area (Å²) in [7, 11) is 0. The van der Waals surface area contributed by atoms with Gasteiger partial charge in [-0.15, -0.1) is 0 Å². The average molecular weight is 266 g/mol. The molecule has 2 saturated carbocycles. The lowest BCUT2D eigenvalue weighted by atomic mass is 9.66. The standard InChI is InChI=1S/C17H34N2/c1-3-12-10-16(18)7-5-14(12)9-15-6-8-17(19)11-13(15)4-2/h12-17H,3-11,18-19H2,1-2H3. The monoisotopic (exact) mass is 266 g/mol. The van der Waals surface area contributed by atoms with E-state index in [-0.39, 0.29) is 0 Å². The maximum atomic E-state index is 6.15. The number of rotatable bonds is 4. The first-order valence-corrected chi connectivity index (χ1v) is 8.65. The summed E-state index contributed by atoms with van der Waals surface area (Å²) in [4.78, 5) is 0. The molecule has 0 aliphatic heterocycles. The summed E-state index contributed by atoms with van der Waals surface area (Å²) in [6.45, 7) is 4.70. The highest BCUT2D eigenvalue weighted by atomic mass is 14.7. The molecule has 2 fully saturated rings. The van der Waals surface area contributed by atoms with E-state index in [0.29, 0.717) is 12.1 Å². The molecule has 0 spiro atoms. The molecule has 4 N–H and O–H groups in total. The van der Waals surface area contributed by atoms with E-state index < -0.39 is 0 Å². The summed E-state index contributed by atoms with van der Waals surface area (Å²) < 4.78 is 0. The highest BCUT2D eigenvalue weighted by Crippen LogP contribution is 2.42. The Morgan fingerprint density at radius 3 is 1.47 bits per heavy atom. The zero-order chi connectivity index (χ0) is 13.8. The SMILES string of the molecule is CCC1CC(N)CCC1CC1CCC(N)CC1CC. The Bertz CT molecular complexity index is 240. The van der Waals surface area contributed by atoms with Crippen LogP contribution in [0.3, 0.4) is 0 Å². The molecule has 0 saturated heterocycles.